The van der Waals surface area contributed by atoms with Gasteiger partial charge < -0.3 is 19.3 Å². The van der Waals surface area contributed by atoms with E-state index in [0.717, 1.165) is 21.1 Å². The van der Waals surface area contributed by atoms with E-state index in [2.05, 4.69) is 9.47 Å². The van der Waals surface area contributed by atoms with Crippen molar-refractivity contribution >= 4 is 17.8 Å². The number of carbonyl (C=O) groups excluding carboxylic acids is 3. The maximum Gasteiger partial charge on any atom is 0.460 e. The lowest BCUT2D eigenvalue weighted by atomic mass is 9.88. The standard InChI is InChI=1S/C30H24F34N2O5/c1-66(2,3)10-12(67)65-11(14(69)71-9-7-16(33,34)18(37,38)20(41,42)22(45,46)24(49,50)26(53,54)28(57,58)30(62,63)64)4-5-13(68)70-8-6-15(31,32)17(35,36)19(39,40)21(43,44)23(47,48)25(51,52)27(55,56)29(59,60)61/h11H,4-10H2,1-3H3/p+1/t11-/m0/s1. The van der Waals surface area contributed by atoms with Gasteiger partial charge in [-0.1, -0.05) is 0 Å². The van der Waals surface area contributed by atoms with Gasteiger partial charge in [0.15, 0.2) is 6.54 Å². The molecule has 0 saturated carbocycles. The Morgan fingerprint density at radius 2 is 0.648 bits per heavy atom. The van der Waals surface area contributed by atoms with Crippen LogP contribution in [-0.4, -0.2) is 165 Å². The summed E-state index contributed by atoms with van der Waals surface area (Å²) in [5.41, 5.74) is 0. The third-order valence-electron chi connectivity index (χ3n) is 8.79. The van der Waals surface area contributed by atoms with Gasteiger partial charge in [0.05, 0.1) is 47.2 Å². The molecule has 1 atom stereocenters. The second-order valence-corrected chi connectivity index (χ2v) is 15.3. The fourth-order valence-electron chi connectivity index (χ4n) is 4.63. The number of likely N-dealkylation sites (N-methyl/N-ethyl adjacent to an activating group) is 1. The molecule has 0 aliphatic carbocycles. The summed E-state index contributed by atoms with van der Waals surface area (Å²) in [6, 6.07) is -2.73. The summed E-state index contributed by atoms with van der Waals surface area (Å²) in [4.78, 5) is 36.8. The number of nitrogens with one attached hydrogen (secondary N) is 1. The van der Waals surface area contributed by atoms with Crippen LogP contribution in [0, 0.1) is 0 Å². The zero-order valence-electron chi connectivity index (χ0n) is 33.9. The van der Waals surface area contributed by atoms with Crippen molar-refractivity contribution in [2.75, 3.05) is 40.9 Å². The van der Waals surface area contributed by atoms with Crippen LogP contribution in [0.15, 0.2) is 0 Å². The predicted molar refractivity (Wildman–Crippen MR) is 157 cm³/mol. The number of halogens is 34. The summed E-state index contributed by atoms with van der Waals surface area (Å²) in [5, 5.41) is 1.49. The van der Waals surface area contributed by atoms with E-state index in [-0.39, 0.29) is 0 Å². The third-order valence-corrected chi connectivity index (χ3v) is 8.79. The van der Waals surface area contributed by atoms with Crippen LogP contribution in [0.3, 0.4) is 0 Å². The van der Waals surface area contributed by atoms with Crippen LogP contribution in [-0.2, 0) is 23.9 Å². The summed E-state index contributed by atoms with van der Waals surface area (Å²) >= 11 is 0. The van der Waals surface area contributed by atoms with Crippen molar-refractivity contribution in [2.24, 2.45) is 0 Å². The lowest BCUT2D eigenvalue weighted by Crippen LogP contribution is -2.74. The number of alkyl halides is 34. The first kappa shape index (κ1) is 67.0. The Hall–Kier alpha value is -4.01. The number of quaternary nitrogens is 1. The average molecular weight is 1140 g/mol. The van der Waals surface area contributed by atoms with E-state index >= 15 is 0 Å². The van der Waals surface area contributed by atoms with E-state index in [1.807, 2.05) is 0 Å². The van der Waals surface area contributed by atoms with E-state index < -0.39 is 169 Å². The van der Waals surface area contributed by atoms with Crippen molar-refractivity contribution in [3.63, 3.8) is 0 Å². The number of nitrogens with zero attached hydrogens (tertiary/aromatic N) is 1. The number of carbonyl (C=O) groups is 3. The predicted octanol–water partition coefficient (Wildman–Crippen LogP) is 10.8. The molecule has 0 rings (SSSR count). The fourth-order valence-corrected chi connectivity index (χ4v) is 4.63. The Kier molecular flexibility index (Phi) is 18.3. The van der Waals surface area contributed by atoms with Gasteiger partial charge in [-0.3, -0.25) is 9.59 Å². The van der Waals surface area contributed by atoms with Crippen LogP contribution < -0.4 is 5.32 Å². The van der Waals surface area contributed by atoms with E-state index in [1.54, 1.807) is 0 Å². The molecular formula is C30H25F34N2O5+. The second kappa shape index (κ2) is 19.4. The monoisotopic (exact) mass is 1140 g/mol. The van der Waals surface area contributed by atoms with Crippen molar-refractivity contribution < 1.29 is 178 Å². The number of rotatable bonds is 25. The number of ether oxygens (including phenoxy) is 2. The van der Waals surface area contributed by atoms with Crippen LogP contribution in [0.2, 0.25) is 0 Å². The van der Waals surface area contributed by atoms with Crippen LogP contribution in [0.25, 0.3) is 0 Å². The SMILES string of the molecule is C[N+](C)(C)CC(=O)N[C@@H](CCC(=O)OCCC(F)(F)C(F)(F)C(F)(F)C(F)(F)C(F)(F)C(F)(F)C(F)(F)C(F)(F)F)C(=O)OCCC(F)(F)C(F)(F)C(F)(F)C(F)(F)C(F)(F)C(F)(F)C(F)(F)C(F)(F)F. The lowest BCUT2D eigenvalue weighted by molar-refractivity contribution is -0.862. The molecule has 0 aromatic carbocycles. The molecule has 1 amide bonds. The molecule has 1 N–H and O–H groups in total. The highest BCUT2D eigenvalue weighted by Gasteiger charge is 2.97. The zero-order valence-corrected chi connectivity index (χ0v) is 33.9. The molecule has 422 valence electrons. The molecule has 7 nitrogen and oxygen atoms in total. The first-order chi connectivity index (χ1) is 30.5. The summed E-state index contributed by atoms with van der Waals surface area (Å²) in [6.45, 7) is -6.11. The molecular weight excluding hydrogens is 1110 g/mol. The van der Waals surface area contributed by atoms with Gasteiger partial charge >= 0.3 is 107 Å². The van der Waals surface area contributed by atoms with Crippen LogP contribution >= 0.6 is 0 Å². The summed E-state index contributed by atoms with van der Waals surface area (Å²) in [6.07, 6.45) is -26.2. The molecule has 0 aliphatic heterocycles. The van der Waals surface area contributed by atoms with Gasteiger partial charge in [0.1, 0.15) is 6.04 Å². The largest absolute Gasteiger partial charge is 0.465 e. The first-order valence-electron chi connectivity index (χ1n) is 17.3. The molecule has 0 saturated heterocycles. The minimum Gasteiger partial charge on any atom is -0.465 e. The lowest BCUT2D eigenvalue weighted by Gasteiger charge is -2.42. The maximum absolute atomic E-state index is 14.3. The van der Waals surface area contributed by atoms with E-state index in [1.165, 1.54) is 5.32 Å². The van der Waals surface area contributed by atoms with E-state index in [9.17, 15) is 164 Å². The molecule has 0 fully saturated rings. The van der Waals surface area contributed by atoms with Crippen LogP contribution in [0.5, 0.6) is 0 Å². The molecule has 0 bridgehead atoms. The molecule has 71 heavy (non-hydrogen) atoms. The first-order valence-corrected chi connectivity index (χ1v) is 17.3. The number of amides is 1. The van der Waals surface area contributed by atoms with E-state index in [4.69, 9.17) is 0 Å². The molecule has 41 heteroatoms. The van der Waals surface area contributed by atoms with Gasteiger partial charge in [-0.25, -0.2) is 4.79 Å². The normalized spacial score (nSPS) is 16.2. The molecule has 0 aliphatic rings. The van der Waals surface area contributed by atoms with Crippen molar-refractivity contribution in [1.29, 1.82) is 0 Å². The molecule has 0 spiro atoms. The third kappa shape index (κ3) is 11.4. The maximum atomic E-state index is 14.3. The second-order valence-electron chi connectivity index (χ2n) is 15.3. The van der Waals surface area contributed by atoms with Gasteiger partial charge in [-0.05, 0) is 6.42 Å². The smallest absolute Gasteiger partial charge is 0.460 e. The van der Waals surface area contributed by atoms with Crippen molar-refractivity contribution in [1.82, 2.24) is 5.32 Å². The molecule has 0 radical (unpaired) electrons. The van der Waals surface area contributed by atoms with Gasteiger partial charge in [0.2, 0.25) is 0 Å². The molecule has 0 aromatic rings. The van der Waals surface area contributed by atoms with E-state index in [0.29, 0.717) is 0 Å². The van der Waals surface area contributed by atoms with Crippen LogP contribution in [0.4, 0.5) is 149 Å². The number of esters is 2. The number of hydrogen-bond donors (Lipinski definition) is 1. The molecule has 0 heterocycles. The minimum absolute atomic E-state index is 0.501. The Morgan fingerprint density at radius 1 is 0.394 bits per heavy atom. The molecule has 0 aromatic heterocycles. The Morgan fingerprint density at radius 3 is 0.915 bits per heavy atom. The van der Waals surface area contributed by atoms with Gasteiger partial charge in [-0.2, -0.15) is 149 Å². The van der Waals surface area contributed by atoms with Crippen LogP contribution in [0.1, 0.15) is 25.7 Å². The Balaban J connectivity index is 6.42. The van der Waals surface area contributed by atoms with Gasteiger partial charge in [0, 0.05) is 6.42 Å². The summed E-state index contributed by atoms with van der Waals surface area (Å²) in [5.74, 6) is -125. The molecule has 0 unspecified atom stereocenters. The Bertz CT molecular complexity index is 1880. The van der Waals surface area contributed by atoms with Gasteiger partial charge in [-0.15, -0.1) is 0 Å². The number of hydrogen-bond acceptors (Lipinski definition) is 5. The average Bonchev–Trinajstić information content (AvgIpc) is 3.13. The van der Waals surface area contributed by atoms with Crippen molar-refractivity contribution in [3.8, 4) is 0 Å². The quantitative estimate of drug-likeness (QED) is 0.0560. The highest BCUT2D eigenvalue weighted by Crippen LogP contribution is 2.66. The minimum atomic E-state index is -9.01. The zero-order chi connectivity index (χ0) is 57.9. The summed E-state index contributed by atoms with van der Waals surface area (Å²) in [7, 11) is 3.44. The van der Waals surface area contributed by atoms with Crippen molar-refractivity contribution in [2.45, 2.75) is 127 Å². The topological polar surface area (TPSA) is 81.7 Å². The highest BCUT2D eigenvalue weighted by atomic mass is 19.4. The highest BCUT2D eigenvalue weighted by molar-refractivity contribution is 5.85. The summed E-state index contributed by atoms with van der Waals surface area (Å²) < 4.78 is 465. The fraction of sp³-hybridized carbons (Fsp3) is 0.900. The van der Waals surface area contributed by atoms with Gasteiger partial charge in [0.25, 0.3) is 5.91 Å². The van der Waals surface area contributed by atoms with Crippen molar-refractivity contribution in [3.05, 3.63) is 0 Å². The Labute approximate surface area is 369 Å².